The average molecular weight is 443 g/mol. The van der Waals surface area contributed by atoms with Gasteiger partial charge in [0.15, 0.2) is 0 Å². The molecule has 2 aliphatic rings. The molecule has 2 N–H and O–H groups in total. The molecule has 0 aromatic heterocycles. The van der Waals surface area contributed by atoms with Crippen molar-refractivity contribution in [1.82, 2.24) is 9.62 Å². The molecule has 162 valence electrons. The molecule has 31 heavy (non-hydrogen) atoms. The summed E-state index contributed by atoms with van der Waals surface area (Å²) in [4.78, 5) is 36.0. The largest absolute Gasteiger partial charge is 0.373 e. The van der Waals surface area contributed by atoms with Crippen molar-refractivity contribution in [2.45, 2.75) is 31.0 Å². The summed E-state index contributed by atoms with van der Waals surface area (Å²) in [6.07, 6.45) is -0.401. The second kappa shape index (κ2) is 7.88. The lowest BCUT2D eigenvalue weighted by Crippen LogP contribution is -2.48. The third-order valence-electron chi connectivity index (χ3n) is 5.13. The highest BCUT2D eigenvalue weighted by atomic mass is 32.2. The van der Waals surface area contributed by atoms with Crippen LogP contribution in [0.5, 0.6) is 0 Å². The van der Waals surface area contributed by atoms with Crippen LogP contribution in [0.15, 0.2) is 47.4 Å². The van der Waals surface area contributed by atoms with Gasteiger partial charge in [0.25, 0.3) is 17.7 Å². The molecular weight excluding hydrogens is 422 g/mol. The van der Waals surface area contributed by atoms with Crippen LogP contribution in [0, 0.1) is 0 Å². The number of imide groups is 1. The van der Waals surface area contributed by atoms with Crippen molar-refractivity contribution in [1.29, 1.82) is 0 Å². The van der Waals surface area contributed by atoms with E-state index in [1.807, 2.05) is 13.8 Å². The topological polar surface area (TPSA) is 122 Å². The van der Waals surface area contributed by atoms with E-state index in [1.54, 1.807) is 0 Å². The second-order valence-electron chi connectivity index (χ2n) is 7.60. The molecular formula is C21H21N3O6S. The Morgan fingerprint density at radius 3 is 2.26 bits per heavy atom. The van der Waals surface area contributed by atoms with E-state index in [1.165, 1.54) is 46.8 Å². The molecule has 3 amide bonds. The van der Waals surface area contributed by atoms with Crippen molar-refractivity contribution >= 4 is 33.4 Å². The molecule has 2 aromatic rings. The Morgan fingerprint density at radius 1 is 1.00 bits per heavy atom. The lowest BCUT2D eigenvalue weighted by Gasteiger charge is -2.34. The zero-order valence-electron chi connectivity index (χ0n) is 16.9. The van der Waals surface area contributed by atoms with Gasteiger partial charge in [-0.3, -0.25) is 19.7 Å². The predicted octanol–water partition coefficient (Wildman–Crippen LogP) is 1.62. The lowest BCUT2D eigenvalue weighted by atomic mass is 10.1. The van der Waals surface area contributed by atoms with Gasteiger partial charge in [0.2, 0.25) is 10.0 Å². The molecule has 0 bridgehead atoms. The standard InChI is InChI=1S/C21H21N3O6S/c1-12-10-24(11-13(2)30-12)31(28,29)16-6-3-14(4-7-16)19(25)22-15-5-8-17-18(9-15)21(27)23-20(17)26/h3-9,12-13H,10-11H2,1-2H3,(H,22,25)(H,23,26,27). The summed E-state index contributed by atoms with van der Waals surface area (Å²) in [5.41, 5.74) is 1.05. The minimum Gasteiger partial charge on any atom is -0.373 e. The number of carbonyl (C=O) groups excluding carboxylic acids is 3. The number of carbonyl (C=O) groups is 3. The maximum atomic E-state index is 12.9. The van der Waals surface area contributed by atoms with Crippen molar-refractivity contribution < 1.29 is 27.5 Å². The Labute approximate surface area is 179 Å². The van der Waals surface area contributed by atoms with Gasteiger partial charge in [-0.2, -0.15) is 4.31 Å². The lowest BCUT2D eigenvalue weighted by molar-refractivity contribution is -0.0440. The van der Waals surface area contributed by atoms with Crippen molar-refractivity contribution in [3.05, 3.63) is 59.2 Å². The van der Waals surface area contributed by atoms with E-state index in [4.69, 9.17) is 4.74 Å². The van der Waals surface area contributed by atoms with Gasteiger partial charge < -0.3 is 10.1 Å². The monoisotopic (exact) mass is 443 g/mol. The van der Waals surface area contributed by atoms with Gasteiger partial charge in [-0.25, -0.2) is 8.42 Å². The fourth-order valence-electron chi connectivity index (χ4n) is 3.70. The fourth-order valence-corrected chi connectivity index (χ4v) is 5.29. The molecule has 2 aliphatic heterocycles. The number of rotatable bonds is 4. The number of nitrogens with zero attached hydrogens (tertiary/aromatic N) is 1. The van der Waals surface area contributed by atoms with Crippen LogP contribution in [0.25, 0.3) is 0 Å². The molecule has 0 saturated carbocycles. The Balaban J connectivity index is 1.49. The normalized spacial score (nSPS) is 21.5. The third-order valence-corrected chi connectivity index (χ3v) is 6.98. The Kier molecular flexibility index (Phi) is 5.38. The number of nitrogens with one attached hydrogen (secondary N) is 2. The van der Waals surface area contributed by atoms with Gasteiger partial charge >= 0.3 is 0 Å². The zero-order chi connectivity index (χ0) is 22.3. The van der Waals surface area contributed by atoms with Crippen LogP contribution in [0.4, 0.5) is 5.69 Å². The number of anilines is 1. The van der Waals surface area contributed by atoms with Crippen molar-refractivity contribution in [3.63, 3.8) is 0 Å². The van der Waals surface area contributed by atoms with Crippen LogP contribution in [0.3, 0.4) is 0 Å². The first-order valence-electron chi connectivity index (χ1n) is 9.72. The number of benzene rings is 2. The van der Waals surface area contributed by atoms with E-state index in [0.29, 0.717) is 5.69 Å². The minimum atomic E-state index is -3.70. The van der Waals surface area contributed by atoms with E-state index >= 15 is 0 Å². The summed E-state index contributed by atoms with van der Waals surface area (Å²) in [6.45, 7) is 4.18. The molecule has 0 radical (unpaired) electrons. The first kappa shape index (κ1) is 21.2. The molecule has 0 spiro atoms. The number of amides is 3. The van der Waals surface area contributed by atoms with Crippen molar-refractivity contribution in [2.75, 3.05) is 18.4 Å². The molecule has 2 unspecified atom stereocenters. The molecule has 2 heterocycles. The van der Waals surface area contributed by atoms with Crippen LogP contribution in [0.2, 0.25) is 0 Å². The molecule has 2 atom stereocenters. The summed E-state index contributed by atoms with van der Waals surface area (Å²) in [7, 11) is -3.70. The Hall–Kier alpha value is -3.08. The van der Waals surface area contributed by atoms with Gasteiger partial charge in [0.05, 0.1) is 28.2 Å². The number of hydrogen-bond donors (Lipinski definition) is 2. The molecule has 0 aliphatic carbocycles. The maximum Gasteiger partial charge on any atom is 0.259 e. The quantitative estimate of drug-likeness (QED) is 0.693. The maximum absolute atomic E-state index is 12.9. The molecule has 2 aromatic carbocycles. The number of hydrogen-bond acceptors (Lipinski definition) is 6. The van der Waals surface area contributed by atoms with Gasteiger partial charge in [0.1, 0.15) is 0 Å². The van der Waals surface area contributed by atoms with Crippen LogP contribution >= 0.6 is 0 Å². The number of fused-ring (bicyclic) bond motifs is 1. The Morgan fingerprint density at radius 2 is 1.61 bits per heavy atom. The fraction of sp³-hybridized carbons (Fsp3) is 0.286. The summed E-state index contributed by atoms with van der Waals surface area (Å²) >= 11 is 0. The SMILES string of the molecule is CC1CN(S(=O)(=O)c2ccc(C(=O)Nc3ccc4c(c3)C(=O)NC4=O)cc2)CC(C)O1. The molecule has 1 fully saturated rings. The van der Waals surface area contributed by atoms with Crippen molar-refractivity contribution in [2.24, 2.45) is 0 Å². The minimum absolute atomic E-state index is 0.0954. The number of sulfonamides is 1. The summed E-state index contributed by atoms with van der Waals surface area (Å²) in [5, 5.41) is 4.84. The number of ether oxygens (including phenoxy) is 1. The summed E-state index contributed by atoms with van der Waals surface area (Å²) in [5.74, 6) is -1.46. The number of morpholine rings is 1. The molecule has 9 nitrogen and oxygen atoms in total. The molecule has 4 rings (SSSR count). The van der Waals surface area contributed by atoms with Crippen LogP contribution in [0.1, 0.15) is 44.9 Å². The predicted molar refractivity (Wildman–Crippen MR) is 111 cm³/mol. The van der Waals surface area contributed by atoms with E-state index in [2.05, 4.69) is 10.6 Å². The first-order valence-corrected chi connectivity index (χ1v) is 11.2. The molecule has 1 saturated heterocycles. The Bertz CT molecular complexity index is 1170. The third kappa shape index (κ3) is 4.09. The van der Waals surface area contributed by atoms with E-state index in [9.17, 15) is 22.8 Å². The average Bonchev–Trinajstić information content (AvgIpc) is 3.00. The van der Waals surface area contributed by atoms with Crippen molar-refractivity contribution in [3.8, 4) is 0 Å². The van der Waals surface area contributed by atoms with Crippen LogP contribution < -0.4 is 10.6 Å². The van der Waals surface area contributed by atoms with Gasteiger partial charge in [0, 0.05) is 24.3 Å². The van der Waals surface area contributed by atoms with Crippen LogP contribution in [-0.4, -0.2) is 55.7 Å². The van der Waals surface area contributed by atoms with Gasteiger partial charge in [-0.15, -0.1) is 0 Å². The van der Waals surface area contributed by atoms with E-state index < -0.39 is 27.7 Å². The second-order valence-corrected chi connectivity index (χ2v) is 9.54. The molecule has 10 heteroatoms. The first-order chi connectivity index (χ1) is 14.6. The zero-order valence-corrected chi connectivity index (χ0v) is 17.7. The summed E-state index contributed by atoms with van der Waals surface area (Å²) < 4.78 is 32.8. The van der Waals surface area contributed by atoms with Crippen LogP contribution in [-0.2, 0) is 14.8 Å². The summed E-state index contributed by atoms with van der Waals surface area (Å²) in [6, 6.07) is 10.1. The van der Waals surface area contributed by atoms with E-state index in [-0.39, 0.29) is 46.9 Å². The highest BCUT2D eigenvalue weighted by Crippen LogP contribution is 2.23. The van der Waals surface area contributed by atoms with Gasteiger partial charge in [-0.1, -0.05) is 0 Å². The van der Waals surface area contributed by atoms with E-state index in [0.717, 1.165) is 0 Å². The smallest absolute Gasteiger partial charge is 0.259 e. The van der Waals surface area contributed by atoms with Gasteiger partial charge in [-0.05, 0) is 56.3 Å². The highest BCUT2D eigenvalue weighted by molar-refractivity contribution is 7.89. The highest BCUT2D eigenvalue weighted by Gasteiger charge is 2.32.